The summed E-state index contributed by atoms with van der Waals surface area (Å²) in [5.74, 6) is 1.85. The number of hydrogen-bond acceptors (Lipinski definition) is 3. The van der Waals surface area contributed by atoms with E-state index in [4.69, 9.17) is 33.0 Å². The van der Waals surface area contributed by atoms with E-state index in [-0.39, 0.29) is 0 Å². The minimum atomic E-state index is 0.540. The summed E-state index contributed by atoms with van der Waals surface area (Å²) in [5.41, 5.74) is 5.11. The Morgan fingerprint density at radius 3 is 2.53 bits per heavy atom. The molecule has 1 aliphatic heterocycles. The van der Waals surface area contributed by atoms with Gasteiger partial charge in [0.25, 0.3) is 0 Å². The maximum absolute atomic E-state index is 6.54. The van der Waals surface area contributed by atoms with Gasteiger partial charge in [-0.15, -0.1) is 0 Å². The van der Waals surface area contributed by atoms with Gasteiger partial charge in [0.1, 0.15) is 18.2 Å². The molecule has 0 saturated heterocycles. The first-order valence-electron chi connectivity index (χ1n) is 10.8. The number of benzene rings is 3. The summed E-state index contributed by atoms with van der Waals surface area (Å²) < 4.78 is 7.92. The second-order valence-electron chi connectivity index (χ2n) is 7.86. The molecule has 0 unspecified atom stereocenters. The molecule has 0 atom stereocenters. The molecular weight excluding hydrogens is 441 g/mol. The Kier molecular flexibility index (Phi) is 6.06. The van der Waals surface area contributed by atoms with Crippen LogP contribution in [0.25, 0.3) is 16.9 Å². The molecule has 0 amide bonds. The van der Waals surface area contributed by atoms with Crippen molar-refractivity contribution in [1.29, 1.82) is 0 Å². The minimum absolute atomic E-state index is 0.540. The third kappa shape index (κ3) is 4.34. The first kappa shape index (κ1) is 20.9. The first-order chi connectivity index (χ1) is 15.7. The molecule has 1 aromatic heterocycles. The van der Waals surface area contributed by atoms with Crippen LogP contribution in [0, 0.1) is 0 Å². The summed E-state index contributed by atoms with van der Waals surface area (Å²) in [5, 5.41) is 9.78. The van der Waals surface area contributed by atoms with Crippen LogP contribution >= 0.6 is 23.2 Å². The number of fused-ring (bicyclic) bond motifs is 1. The zero-order valence-corrected chi connectivity index (χ0v) is 19.0. The zero-order valence-electron chi connectivity index (χ0n) is 17.5. The summed E-state index contributed by atoms with van der Waals surface area (Å²) in [7, 11) is 0. The van der Waals surface area contributed by atoms with Crippen LogP contribution in [0.15, 0.2) is 72.8 Å². The van der Waals surface area contributed by atoms with E-state index in [0.29, 0.717) is 16.7 Å². The van der Waals surface area contributed by atoms with E-state index in [1.807, 2.05) is 59.3 Å². The van der Waals surface area contributed by atoms with Crippen molar-refractivity contribution in [3.8, 4) is 22.7 Å². The van der Waals surface area contributed by atoms with Gasteiger partial charge in [0.2, 0.25) is 0 Å². The van der Waals surface area contributed by atoms with Gasteiger partial charge in [0.05, 0.1) is 16.4 Å². The average Bonchev–Trinajstić information content (AvgIpc) is 2.99. The predicted molar refractivity (Wildman–Crippen MR) is 131 cm³/mol. The molecule has 4 nitrogen and oxygen atoms in total. The van der Waals surface area contributed by atoms with Gasteiger partial charge in [-0.25, -0.2) is 4.68 Å². The monoisotopic (exact) mass is 463 g/mol. The van der Waals surface area contributed by atoms with Gasteiger partial charge in [-0.1, -0.05) is 53.5 Å². The molecule has 2 heterocycles. The fourth-order valence-corrected chi connectivity index (χ4v) is 4.51. The molecule has 0 aliphatic carbocycles. The van der Waals surface area contributed by atoms with Gasteiger partial charge >= 0.3 is 0 Å². The van der Waals surface area contributed by atoms with Crippen molar-refractivity contribution in [2.45, 2.75) is 25.9 Å². The minimum Gasteiger partial charge on any atom is -0.489 e. The number of nitrogens with one attached hydrogen (secondary N) is 1. The Bertz CT molecular complexity index is 1220. The highest BCUT2D eigenvalue weighted by Gasteiger charge is 2.23. The largest absolute Gasteiger partial charge is 0.489 e. The molecule has 0 radical (unpaired) electrons. The van der Waals surface area contributed by atoms with E-state index in [1.54, 1.807) is 6.07 Å². The van der Waals surface area contributed by atoms with Crippen molar-refractivity contribution in [3.05, 3.63) is 94.0 Å². The van der Waals surface area contributed by atoms with Gasteiger partial charge < -0.3 is 10.1 Å². The number of rotatable bonds is 5. The molecule has 1 N–H and O–H groups in total. The lowest BCUT2D eigenvalue weighted by Gasteiger charge is -2.11. The van der Waals surface area contributed by atoms with Crippen LogP contribution in [-0.4, -0.2) is 16.3 Å². The lowest BCUT2D eigenvalue weighted by Crippen LogP contribution is -2.07. The van der Waals surface area contributed by atoms with Crippen LogP contribution in [0.1, 0.15) is 24.0 Å². The predicted octanol–water partition coefficient (Wildman–Crippen LogP) is 7.17. The Morgan fingerprint density at radius 1 is 0.938 bits per heavy atom. The SMILES string of the molecule is Clc1ccc(-c2nn(-c3ccc(OCc4ccccc4)cc3)c3c2CCCCN3)c(Cl)c1. The molecule has 32 heavy (non-hydrogen) atoms. The van der Waals surface area contributed by atoms with Crippen molar-refractivity contribution in [1.82, 2.24) is 9.78 Å². The van der Waals surface area contributed by atoms with Gasteiger partial charge in [-0.2, -0.15) is 5.10 Å². The normalized spacial score (nSPS) is 13.2. The van der Waals surface area contributed by atoms with E-state index < -0.39 is 0 Å². The van der Waals surface area contributed by atoms with Gasteiger partial charge in [-0.3, -0.25) is 0 Å². The molecule has 0 fully saturated rings. The smallest absolute Gasteiger partial charge is 0.133 e. The maximum Gasteiger partial charge on any atom is 0.133 e. The van der Waals surface area contributed by atoms with Crippen molar-refractivity contribution in [2.24, 2.45) is 0 Å². The van der Waals surface area contributed by atoms with Crippen LogP contribution in [0.5, 0.6) is 5.75 Å². The van der Waals surface area contributed by atoms with E-state index >= 15 is 0 Å². The molecule has 0 saturated carbocycles. The fourth-order valence-electron chi connectivity index (χ4n) is 4.01. The van der Waals surface area contributed by atoms with E-state index in [9.17, 15) is 0 Å². The number of anilines is 1. The Hall–Kier alpha value is -2.95. The highest BCUT2D eigenvalue weighted by molar-refractivity contribution is 6.36. The zero-order chi connectivity index (χ0) is 21.9. The molecule has 0 spiro atoms. The van der Waals surface area contributed by atoms with Crippen LogP contribution in [0.3, 0.4) is 0 Å². The number of halogens is 2. The van der Waals surface area contributed by atoms with E-state index in [0.717, 1.165) is 59.9 Å². The Labute approximate surface area is 197 Å². The third-order valence-electron chi connectivity index (χ3n) is 5.65. The summed E-state index contributed by atoms with van der Waals surface area (Å²) in [6.07, 6.45) is 3.18. The first-order valence-corrected chi connectivity index (χ1v) is 11.5. The Balaban J connectivity index is 1.47. The van der Waals surface area contributed by atoms with Crippen molar-refractivity contribution in [2.75, 3.05) is 11.9 Å². The number of hydrogen-bond donors (Lipinski definition) is 1. The van der Waals surface area contributed by atoms with Gasteiger partial charge in [0.15, 0.2) is 0 Å². The molecular formula is C26H23Cl2N3O. The summed E-state index contributed by atoms with van der Waals surface area (Å²) in [6.45, 7) is 1.46. The van der Waals surface area contributed by atoms with Crippen molar-refractivity contribution in [3.63, 3.8) is 0 Å². The van der Waals surface area contributed by atoms with Gasteiger partial charge in [0, 0.05) is 22.7 Å². The van der Waals surface area contributed by atoms with E-state index in [1.165, 1.54) is 5.56 Å². The van der Waals surface area contributed by atoms with Crippen LogP contribution in [-0.2, 0) is 13.0 Å². The average molecular weight is 464 g/mol. The quantitative estimate of drug-likeness (QED) is 0.340. The molecule has 6 heteroatoms. The van der Waals surface area contributed by atoms with Crippen LogP contribution < -0.4 is 10.1 Å². The topological polar surface area (TPSA) is 39.1 Å². The number of aromatic nitrogens is 2. The standard InChI is InChI=1S/C26H23Cl2N3O/c27-19-9-14-22(24(28)16-19)25-23-8-4-5-15-29-26(23)31(30-25)20-10-12-21(13-11-20)32-17-18-6-2-1-3-7-18/h1-3,6-7,9-14,16,29H,4-5,8,15,17H2. The highest BCUT2D eigenvalue weighted by atomic mass is 35.5. The highest BCUT2D eigenvalue weighted by Crippen LogP contribution is 2.38. The number of nitrogens with zero attached hydrogens (tertiary/aromatic N) is 2. The third-order valence-corrected chi connectivity index (χ3v) is 6.19. The van der Waals surface area contributed by atoms with Gasteiger partial charge in [-0.05, 0) is 67.3 Å². The summed E-state index contributed by atoms with van der Waals surface area (Å²) in [6, 6.07) is 23.8. The second-order valence-corrected chi connectivity index (χ2v) is 8.71. The molecule has 162 valence electrons. The maximum atomic E-state index is 6.54. The molecule has 1 aliphatic rings. The van der Waals surface area contributed by atoms with E-state index in [2.05, 4.69) is 17.4 Å². The lowest BCUT2D eigenvalue weighted by molar-refractivity contribution is 0.306. The van der Waals surface area contributed by atoms with Crippen LogP contribution in [0.4, 0.5) is 5.82 Å². The Morgan fingerprint density at radius 2 is 1.75 bits per heavy atom. The lowest BCUT2D eigenvalue weighted by atomic mass is 10.0. The summed E-state index contributed by atoms with van der Waals surface area (Å²) >= 11 is 12.7. The molecule has 3 aromatic carbocycles. The molecule has 4 aromatic rings. The summed E-state index contributed by atoms with van der Waals surface area (Å²) in [4.78, 5) is 0. The number of ether oxygens (including phenoxy) is 1. The van der Waals surface area contributed by atoms with Crippen molar-refractivity contribution < 1.29 is 4.74 Å². The molecule has 5 rings (SSSR count). The molecule has 0 bridgehead atoms. The second kappa shape index (κ2) is 9.27. The van der Waals surface area contributed by atoms with Crippen molar-refractivity contribution >= 4 is 29.0 Å². The fraction of sp³-hybridized carbons (Fsp3) is 0.192. The van der Waals surface area contributed by atoms with Crippen LogP contribution in [0.2, 0.25) is 10.0 Å².